The number of hydrogen-bond acceptors (Lipinski definition) is 6. The molecule has 0 aliphatic carbocycles. The Balaban J connectivity index is 1.24. The molecule has 5 rings (SSSR count). The van der Waals surface area contributed by atoms with Crippen LogP contribution < -0.4 is 5.32 Å². The highest BCUT2D eigenvalue weighted by Crippen LogP contribution is 2.21. The molecule has 1 aliphatic heterocycles. The summed E-state index contributed by atoms with van der Waals surface area (Å²) < 4.78 is 7.80. The summed E-state index contributed by atoms with van der Waals surface area (Å²) in [7, 11) is 0. The van der Waals surface area contributed by atoms with Crippen LogP contribution in [0.5, 0.6) is 0 Å². The third-order valence-corrected chi connectivity index (χ3v) is 6.32. The molecule has 2 aromatic heterocycles. The number of nitrogens with one attached hydrogen (secondary N) is 1. The first kappa shape index (κ1) is 20.8. The van der Waals surface area contributed by atoms with Crippen LogP contribution in [0, 0.1) is 0 Å². The minimum atomic E-state index is -0.165. The van der Waals surface area contributed by atoms with Gasteiger partial charge in [0.15, 0.2) is 5.13 Å². The number of ether oxygens (including phenoxy) is 1. The molecule has 0 unspecified atom stereocenters. The lowest BCUT2D eigenvalue weighted by atomic mass is 10.2. The van der Waals surface area contributed by atoms with E-state index in [1.165, 1.54) is 11.3 Å². The summed E-state index contributed by atoms with van der Waals surface area (Å²) in [6.07, 6.45) is 2.24. The van der Waals surface area contributed by atoms with Crippen molar-refractivity contribution in [3.63, 3.8) is 0 Å². The maximum atomic E-state index is 12.7. The van der Waals surface area contributed by atoms with Crippen LogP contribution in [0.2, 0.25) is 0 Å². The molecule has 1 fully saturated rings. The highest BCUT2D eigenvalue weighted by molar-refractivity contribution is 7.14. The zero-order valence-corrected chi connectivity index (χ0v) is 18.9. The predicted octanol–water partition coefficient (Wildman–Crippen LogP) is 4.34. The van der Waals surface area contributed by atoms with Gasteiger partial charge in [0.1, 0.15) is 6.33 Å². The van der Waals surface area contributed by atoms with Crippen molar-refractivity contribution in [2.75, 3.05) is 18.4 Å². The molecule has 2 atom stereocenters. The number of carbonyl (C=O) groups excluding carboxylic acids is 1. The fourth-order valence-corrected chi connectivity index (χ4v) is 4.88. The Labute approximate surface area is 190 Å². The van der Waals surface area contributed by atoms with Crippen LogP contribution in [0.1, 0.15) is 29.9 Å². The van der Waals surface area contributed by atoms with E-state index in [-0.39, 0.29) is 18.1 Å². The number of carbonyl (C=O) groups is 1. The number of morpholine rings is 1. The number of aromatic nitrogens is 3. The smallest absolute Gasteiger partial charge is 0.257 e. The summed E-state index contributed by atoms with van der Waals surface area (Å²) in [5.41, 5.74) is 4.49. The topological polar surface area (TPSA) is 72.3 Å². The molecule has 7 nitrogen and oxygen atoms in total. The summed E-state index contributed by atoms with van der Waals surface area (Å²) in [6.45, 7) is 6.73. The lowest BCUT2D eigenvalue weighted by Crippen LogP contribution is -2.44. The Hall–Kier alpha value is -3.07. The van der Waals surface area contributed by atoms with Gasteiger partial charge < -0.3 is 4.74 Å². The summed E-state index contributed by atoms with van der Waals surface area (Å²) in [6, 6.07) is 15.5. The zero-order chi connectivity index (χ0) is 22.1. The molecule has 0 spiro atoms. The van der Waals surface area contributed by atoms with Crippen LogP contribution in [-0.2, 0) is 11.3 Å². The Morgan fingerprint density at radius 2 is 1.88 bits per heavy atom. The van der Waals surface area contributed by atoms with Crippen molar-refractivity contribution in [2.24, 2.45) is 0 Å². The number of thiazole rings is 1. The quantitative estimate of drug-likeness (QED) is 0.493. The Morgan fingerprint density at radius 1 is 1.12 bits per heavy atom. The van der Waals surface area contributed by atoms with E-state index in [9.17, 15) is 4.79 Å². The molecule has 1 N–H and O–H groups in total. The van der Waals surface area contributed by atoms with Gasteiger partial charge in [0, 0.05) is 36.3 Å². The molecule has 4 aromatic rings. The lowest BCUT2D eigenvalue weighted by molar-refractivity contribution is -0.0707. The summed E-state index contributed by atoms with van der Waals surface area (Å²) in [5.74, 6) is -0.165. The number of hydrogen-bond donors (Lipinski definition) is 1. The van der Waals surface area contributed by atoms with E-state index >= 15 is 0 Å². The lowest BCUT2D eigenvalue weighted by Gasteiger charge is -2.34. The first-order valence-corrected chi connectivity index (χ1v) is 11.6. The van der Waals surface area contributed by atoms with E-state index in [1.54, 1.807) is 6.33 Å². The van der Waals surface area contributed by atoms with E-state index in [0.29, 0.717) is 10.7 Å². The summed E-state index contributed by atoms with van der Waals surface area (Å²) in [5, 5.41) is 5.55. The highest BCUT2D eigenvalue weighted by atomic mass is 32.1. The van der Waals surface area contributed by atoms with Crippen molar-refractivity contribution in [3.05, 3.63) is 71.5 Å². The number of nitrogens with zero attached hydrogens (tertiary/aromatic N) is 4. The van der Waals surface area contributed by atoms with E-state index < -0.39 is 0 Å². The number of fused-ring (bicyclic) bond motifs is 1. The minimum absolute atomic E-state index is 0.165. The minimum Gasteiger partial charge on any atom is -0.373 e. The average molecular weight is 448 g/mol. The average Bonchev–Trinajstić information content (AvgIpc) is 3.40. The maximum absolute atomic E-state index is 12.7. The number of imidazole rings is 1. The first-order valence-electron chi connectivity index (χ1n) is 10.7. The van der Waals surface area contributed by atoms with Gasteiger partial charge in [-0.05, 0) is 50.2 Å². The number of rotatable bonds is 5. The second-order valence-electron chi connectivity index (χ2n) is 8.20. The maximum Gasteiger partial charge on any atom is 0.257 e. The number of para-hydroxylation sites is 2. The van der Waals surface area contributed by atoms with Gasteiger partial charge in [-0.15, -0.1) is 11.3 Å². The normalized spacial score (nSPS) is 19.3. The largest absolute Gasteiger partial charge is 0.373 e. The molecule has 8 heteroatoms. The van der Waals surface area contributed by atoms with E-state index in [4.69, 9.17) is 4.74 Å². The zero-order valence-electron chi connectivity index (χ0n) is 18.1. The molecule has 32 heavy (non-hydrogen) atoms. The molecule has 0 saturated carbocycles. The van der Waals surface area contributed by atoms with Crippen molar-refractivity contribution in [2.45, 2.75) is 32.6 Å². The van der Waals surface area contributed by atoms with Crippen molar-refractivity contribution in [3.8, 4) is 5.69 Å². The third kappa shape index (κ3) is 4.43. The van der Waals surface area contributed by atoms with E-state index in [0.717, 1.165) is 42.0 Å². The van der Waals surface area contributed by atoms with Crippen LogP contribution in [0.25, 0.3) is 16.7 Å². The van der Waals surface area contributed by atoms with E-state index in [2.05, 4.69) is 34.0 Å². The predicted molar refractivity (Wildman–Crippen MR) is 126 cm³/mol. The van der Waals surface area contributed by atoms with Gasteiger partial charge in [-0.1, -0.05) is 12.1 Å². The van der Waals surface area contributed by atoms with Gasteiger partial charge in [0.05, 0.1) is 28.9 Å². The Morgan fingerprint density at radius 3 is 2.66 bits per heavy atom. The SMILES string of the molecule is C[C@@H]1CN(Cc2csc(NC(=O)c3ccc(-n4cnc5ccccc54)cc3)n2)C[C@@H](C)O1. The van der Waals surface area contributed by atoms with Crippen LogP contribution in [-0.4, -0.2) is 50.6 Å². The van der Waals surface area contributed by atoms with Crippen molar-refractivity contribution < 1.29 is 9.53 Å². The first-order chi connectivity index (χ1) is 15.5. The fourth-order valence-electron chi connectivity index (χ4n) is 4.19. The van der Waals surface area contributed by atoms with E-state index in [1.807, 2.05) is 58.5 Å². The molecular weight excluding hydrogens is 422 g/mol. The molecule has 0 radical (unpaired) electrons. The second-order valence-corrected chi connectivity index (χ2v) is 9.06. The van der Waals surface area contributed by atoms with Crippen molar-refractivity contribution >= 4 is 33.4 Å². The van der Waals surface area contributed by atoms with Crippen LogP contribution in [0.15, 0.2) is 60.2 Å². The van der Waals surface area contributed by atoms with Crippen molar-refractivity contribution in [1.29, 1.82) is 0 Å². The molecule has 3 heterocycles. The van der Waals surface area contributed by atoms with Gasteiger partial charge in [0.2, 0.25) is 0 Å². The Bertz CT molecular complexity index is 1220. The Kier molecular flexibility index (Phi) is 5.73. The second kappa shape index (κ2) is 8.82. The molecule has 2 aromatic carbocycles. The van der Waals surface area contributed by atoms with Gasteiger partial charge in [-0.25, -0.2) is 9.97 Å². The summed E-state index contributed by atoms with van der Waals surface area (Å²) in [4.78, 5) is 24.1. The fraction of sp³-hybridized carbons (Fsp3) is 0.292. The molecule has 164 valence electrons. The van der Waals surface area contributed by atoms with Crippen molar-refractivity contribution in [1.82, 2.24) is 19.4 Å². The van der Waals surface area contributed by atoms with Crippen LogP contribution in [0.4, 0.5) is 5.13 Å². The number of benzene rings is 2. The molecule has 1 aliphatic rings. The standard InChI is InChI=1S/C24H25N5O2S/c1-16-11-28(12-17(2)31-16)13-19-14-32-24(26-19)27-23(30)18-7-9-20(10-8-18)29-15-25-21-5-3-4-6-22(21)29/h3-10,14-17H,11-13H2,1-2H3,(H,26,27,30)/t16-,17-/m1/s1. The molecular formula is C24H25N5O2S. The number of anilines is 1. The highest BCUT2D eigenvalue weighted by Gasteiger charge is 2.23. The van der Waals surface area contributed by atoms with Crippen LogP contribution in [0.3, 0.4) is 0 Å². The van der Waals surface area contributed by atoms with Gasteiger partial charge in [0.25, 0.3) is 5.91 Å². The van der Waals surface area contributed by atoms with Gasteiger partial charge in [-0.3, -0.25) is 19.6 Å². The monoisotopic (exact) mass is 447 g/mol. The third-order valence-electron chi connectivity index (χ3n) is 5.51. The molecule has 1 saturated heterocycles. The van der Waals surface area contributed by atoms with Gasteiger partial charge in [-0.2, -0.15) is 0 Å². The van der Waals surface area contributed by atoms with Crippen LogP contribution >= 0.6 is 11.3 Å². The van der Waals surface area contributed by atoms with Gasteiger partial charge >= 0.3 is 0 Å². The molecule has 1 amide bonds. The number of amides is 1. The summed E-state index contributed by atoms with van der Waals surface area (Å²) >= 11 is 1.45. The molecule has 0 bridgehead atoms.